The van der Waals surface area contributed by atoms with Gasteiger partial charge in [-0.05, 0) is 48.4 Å². The van der Waals surface area contributed by atoms with Gasteiger partial charge in [0, 0.05) is 5.56 Å². The van der Waals surface area contributed by atoms with Crippen molar-refractivity contribution in [2.75, 3.05) is 11.9 Å². The number of hydrogen-bond donors (Lipinski definition) is 1. The second kappa shape index (κ2) is 6.97. The number of benzene rings is 2. The van der Waals surface area contributed by atoms with Crippen molar-refractivity contribution >= 4 is 32.6 Å². The summed E-state index contributed by atoms with van der Waals surface area (Å²) >= 11 is 1.24. The summed E-state index contributed by atoms with van der Waals surface area (Å²) in [5.41, 5.74) is 1.17. The number of nitrogens with one attached hydrogen (secondary N) is 1. The Hall–Kier alpha value is -2.47. The lowest BCUT2D eigenvalue weighted by atomic mass is 10.2. The minimum absolute atomic E-state index is 0.259. The van der Waals surface area contributed by atoms with Gasteiger partial charge in [-0.25, -0.2) is 9.37 Å². The molecule has 0 aliphatic rings. The van der Waals surface area contributed by atoms with E-state index in [1.54, 1.807) is 30.3 Å². The lowest BCUT2D eigenvalue weighted by Crippen LogP contribution is -2.11. The SMILES string of the molecule is CC(C)COc1ccc(C(=O)Nc2nc3ccc(F)cc3s2)cc1. The molecule has 3 aromatic rings. The summed E-state index contributed by atoms with van der Waals surface area (Å²) < 4.78 is 19.5. The van der Waals surface area contributed by atoms with Crippen LogP contribution in [0.2, 0.25) is 0 Å². The van der Waals surface area contributed by atoms with Crippen LogP contribution in [0.25, 0.3) is 10.2 Å². The van der Waals surface area contributed by atoms with Crippen molar-refractivity contribution in [3.8, 4) is 5.75 Å². The van der Waals surface area contributed by atoms with Gasteiger partial charge in [0.2, 0.25) is 0 Å². The van der Waals surface area contributed by atoms with Gasteiger partial charge in [0.1, 0.15) is 11.6 Å². The van der Waals surface area contributed by atoms with Crippen LogP contribution in [0.5, 0.6) is 5.75 Å². The Morgan fingerprint density at radius 2 is 2.00 bits per heavy atom. The summed E-state index contributed by atoms with van der Waals surface area (Å²) in [4.78, 5) is 16.6. The minimum Gasteiger partial charge on any atom is -0.493 e. The highest BCUT2D eigenvalue weighted by molar-refractivity contribution is 7.22. The van der Waals surface area contributed by atoms with Gasteiger partial charge < -0.3 is 4.74 Å². The molecule has 124 valence electrons. The van der Waals surface area contributed by atoms with E-state index in [4.69, 9.17) is 4.74 Å². The summed E-state index contributed by atoms with van der Waals surface area (Å²) in [5, 5.41) is 3.19. The van der Waals surface area contributed by atoms with Crippen LogP contribution < -0.4 is 10.1 Å². The molecular formula is C18H17FN2O2S. The van der Waals surface area contributed by atoms with Crippen LogP contribution in [0.1, 0.15) is 24.2 Å². The number of nitrogens with zero attached hydrogens (tertiary/aromatic N) is 1. The Balaban J connectivity index is 1.69. The maximum Gasteiger partial charge on any atom is 0.257 e. The monoisotopic (exact) mass is 344 g/mol. The number of ether oxygens (including phenoxy) is 1. The van der Waals surface area contributed by atoms with Gasteiger partial charge in [-0.15, -0.1) is 0 Å². The number of thiazole rings is 1. The number of halogens is 1. The Kier molecular flexibility index (Phi) is 4.76. The molecule has 0 saturated heterocycles. The largest absolute Gasteiger partial charge is 0.493 e. The van der Waals surface area contributed by atoms with E-state index in [1.165, 1.54) is 23.5 Å². The predicted octanol–water partition coefficient (Wildman–Crippen LogP) is 4.72. The number of amides is 1. The lowest BCUT2D eigenvalue weighted by molar-refractivity contribution is 0.102. The van der Waals surface area contributed by atoms with Crippen LogP contribution in [0.15, 0.2) is 42.5 Å². The molecule has 3 rings (SSSR count). The van der Waals surface area contributed by atoms with E-state index in [0.29, 0.717) is 33.4 Å². The van der Waals surface area contributed by atoms with Crippen molar-refractivity contribution in [3.63, 3.8) is 0 Å². The third kappa shape index (κ3) is 3.89. The average molecular weight is 344 g/mol. The summed E-state index contributed by atoms with van der Waals surface area (Å²) in [5.74, 6) is 0.596. The van der Waals surface area contributed by atoms with Crippen LogP contribution in [0.3, 0.4) is 0 Å². The Bertz CT molecular complexity index is 859. The van der Waals surface area contributed by atoms with Crippen LogP contribution in [0, 0.1) is 11.7 Å². The summed E-state index contributed by atoms with van der Waals surface area (Å²) in [6.45, 7) is 4.78. The van der Waals surface area contributed by atoms with Crippen molar-refractivity contribution in [2.45, 2.75) is 13.8 Å². The molecule has 0 bridgehead atoms. The number of carbonyl (C=O) groups is 1. The first-order chi connectivity index (χ1) is 11.5. The molecule has 1 amide bonds. The zero-order valence-corrected chi connectivity index (χ0v) is 14.2. The molecule has 24 heavy (non-hydrogen) atoms. The number of rotatable bonds is 5. The van der Waals surface area contributed by atoms with Crippen LogP contribution in [0.4, 0.5) is 9.52 Å². The van der Waals surface area contributed by atoms with Crippen LogP contribution >= 0.6 is 11.3 Å². The molecule has 1 heterocycles. The quantitative estimate of drug-likeness (QED) is 0.728. The molecule has 6 heteroatoms. The molecule has 0 radical (unpaired) electrons. The number of aromatic nitrogens is 1. The van der Waals surface area contributed by atoms with Crippen molar-refractivity contribution in [3.05, 3.63) is 53.8 Å². The molecule has 0 atom stereocenters. The average Bonchev–Trinajstić information content (AvgIpc) is 2.94. The number of carbonyl (C=O) groups excluding carboxylic acids is 1. The van der Waals surface area contributed by atoms with Gasteiger partial charge in [0.05, 0.1) is 16.8 Å². The fourth-order valence-corrected chi connectivity index (χ4v) is 2.97. The van der Waals surface area contributed by atoms with Crippen molar-refractivity contribution in [1.82, 2.24) is 4.98 Å². The first-order valence-electron chi connectivity index (χ1n) is 7.61. The van der Waals surface area contributed by atoms with Crippen molar-refractivity contribution in [2.24, 2.45) is 5.92 Å². The molecule has 0 fully saturated rings. The zero-order chi connectivity index (χ0) is 17.1. The van der Waals surface area contributed by atoms with Gasteiger partial charge in [-0.1, -0.05) is 25.2 Å². The predicted molar refractivity (Wildman–Crippen MR) is 94.3 cm³/mol. The number of anilines is 1. The van der Waals surface area contributed by atoms with E-state index in [1.807, 2.05) is 0 Å². The van der Waals surface area contributed by atoms with Crippen molar-refractivity contribution in [1.29, 1.82) is 0 Å². The zero-order valence-electron chi connectivity index (χ0n) is 13.4. The molecule has 2 aromatic carbocycles. The summed E-state index contributed by atoms with van der Waals surface area (Å²) in [6, 6.07) is 11.3. The van der Waals surface area contributed by atoms with Crippen LogP contribution in [-0.4, -0.2) is 17.5 Å². The molecule has 0 aliphatic carbocycles. The van der Waals surface area contributed by atoms with Gasteiger partial charge in [-0.2, -0.15) is 0 Å². The fourth-order valence-electron chi connectivity index (χ4n) is 2.09. The Labute approximate surface area is 143 Å². The highest BCUT2D eigenvalue weighted by Gasteiger charge is 2.10. The van der Waals surface area contributed by atoms with E-state index >= 15 is 0 Å². The topological polar surface area (TPSA) is 51.2 Å². The molecule has 0 aliphatic heterocycles. The lowest BCUT2D eigenvalue weighted by Gasteiger charge is -2.09. The molecule has 4 nitrogen and oxygen atoms in total. The van der Waals surface area contributed by atoms with Gasteiger partial charge in [0.15, 0.2) is 5.13 Å². The first-order valence-corrected chi connectivity index (χ1v) is 8.43. The van der Waals surface area contributed by atoms with E-state index in [9.17, 15) is 9.18 Å². The van der Waals surface area contributed by atoms with E-state index in [-0.39, 0.29) is 11.7 Å². The third-order valence-corrected chi connectivity index (χ3v) is 4.20. The van der Waals surface area contributed by atoms with E-state index in [2.05, 4.69) is 24.1 Å². The molecule has 1 N–H and O–H groups in total. The molecule has 0 saturated carbocycles. The minimum atomic E-state index is -0.319. The second-order valence-electron chi connectivity index (χ2n) is 5.81. The second-order valence-corrected chi connectivity index (χ2v) is 6.85. The van der Waals surface area contributed by atoms with Gasteiger partial charge >= 0.3 is 0 Å². The summed E-state index contributed by atoms with van der Waals surface area (Å²) in [6.07, 6.45) is 0. The highest BCUT2D eigenvalue weighted by atomic mass is 32.1. The molecule has 0 unspecified atom stereocenters. The third-order valence-electron chi connectivity index (χ3n) is 3.27. The highest BCUT2D eigenvalue weighted by Crippen LogP contribution is 2.27. The Morgan fingerprint density at radius 3 is 2.71 bits per heavy atom. The van der Waals surface area contributed by atoms with Gasteiger partial charge in [0.25, 0.3) is 5.91 Å². The van der Waals surface area contributed by atoms with E-state index < -0.39 is 0 Å². The Morgan fingerprint density at radius 1 is 1.25 bits per heavy atom. The first kappa shape index (κ1) is 16.4. The fraction of sp³-hybridized carbons (Fsp3) is 0.222. The molecule has 1 aromatic heterocycles. The van der Waals surface area contributed by atoms with Crippen molar-refractivity contribution < 1.29 is 13.9 Å². The maximum absolute atomic E-state index is 13.2. The smallest absolute Gasteiger partial charge is 0.257 e. The van der Waals surface area contributed by atoms with Crippen LogP contribution in [-0.2, 0) is 0 Å². The molecular weight excluding hydrogens is 327 g/mol. The summed E-state index contributed by atoms with van der Waals surface area (Å²) in [7, 11) is 0. The van der Waals surface area contributed by atoms with Gasteiger partial charge in [-0.3, -0.25) is 10.1 Å². The van der Waals surface area contributed by atoms with E-state index in [0.717, 1.165) is 5.75 Å². The standard InChI is InChI=1S/C18H17FN2O2S/c1-11(2)10-23-14-6-3-12(4-7-14)17(22)21-18-20-15-8-5-13(19)9-16(15)24-18/h3-9,11H,10H2,1-2H3,(H,20,21,22). The maximum atomic E-state index is 13.2. The normalized spacial score (nSPS) is 11.0. The molecule has 0 spiro atoms. The number of fused-ring (bicyclic) bond motifs is 1. The number of hydrogen-bond acceptors (Lipinski definition) is 4.